The molecule has 31 heavy (non-hydrogen) atoms. The van der Waals surface area contributed by atoms with Crippen molar-refractivity contribution in [2.75, 3.05) is 13.7 Å². The Hall–Kier alpha value is -3.87. The van der Waals surface area contributed by atoms with Crippen LogP contribution in [0.3, 0.4) is 0 Å². The summed E-state index contributed by atoms with van der Waals surface area (Å²) >= 11 is 0. The Morgan fingerprint density at radius 3 is 2.65 bits per heavy atom. The number of nitrogens with zero attached hydrogens (tertiary/aromatic N) is 3. The zero-order valence-corrected chi connectivity index (χ0v) is 17.5. The van der Waals surface area contributed by atoms with Crippen molar-refractivity contribution in [2.24, 2.45) is 0 Å². The first-order valence-corrected chi connectivity index (χ1v) is 10.1. The van der Waals surface area contributed by atoms with E-state index in [1.807, 2.05) is 55.5 Å². The highest BCUT2D eigenvalue weighted by atomic mass is 16.5. The average molecular weight is 416 g/mol. The van der Waals surface area contributed by atoms with Crippen molar-refractivity contribution < 1.29 is 9.53 Å². The molecule has 0 unspecified atom stereocenters. The summed E-state index contributed by atoms with van der Waals surface area (Å²) in [6.07, 6.45) is 3.76. The van der Waals surface area contributed by atoms with E-state index in [-0.39, 0.29) is 11.5 Å². The fourth-order valence-corrected chi connectivity index (χ4v) is 3.49. The summed E-state index contributed by atoms with van der Waals surface area (Å²) in [4.78, 5) is 25.0. The number of rotatable bonds is 7. The van der Waals surface area contributed by atoms with Gasteiger partial charge >= 0.3 is 0 Å². The van der Waals surface area contributed by atoms with Crippen LogP contribution in [-0.4, -0.2) is 33.7 Å². The molecule has 0 radical (unpaired) electrons. The van der Waals surface area contributed by atoms with Crippen LogP contribution in [0.1, 0.15) is 11.1 Å². The summed E-state index contributed by atoms with van der Waals surface area (Å²) in [6, 6.07) is 17.2. The Morgan fingerprint density at radius 2 is 1.90 bits per heavy atom. The van der Waals surface area contributed by atoms with Crippen molar-refractivity contribution in [1.82, 2.24) is 19.5 Å². The molecule has 2 heterocycles. The maximum absolute atomic E-state index is 12.8. The zero-order chi connectivity index (χ0) is 21.8. The molecular weight excluding hydrogens is 392 g/mol. The van der Waals surface area contributed by atoms with Crippen LogP contribution in [0.25, 0.3) is 16.8 Å². The molecule has 2 aromatic heterocycles. The third-order valence-electron chi connectivity index (χ3n) is 5.11. The second-order valence-electron chi connectivity index (χ2n) is 7.40. The van der Waals surface area contributed by atoms with Crippen LogP contribution in [0.15, 0.2) is 71.8 Å². The molecule has 1 N–H and O–H groups in total. The van der Waals surface area contributed by atoms with Crippen LogP contribution >= 0.6 is 0 Å². The van der Waals surface area contributed by atoms with Gasteiger partial charge in [0.05, 0.1) is 19.2 Å². The first kappa shape index (κ1) is 20.4. The molecule has 0 fully saturated rings. The number of nitrogens with one attached hydrogen (secondary N) is 1. The van der Waals surface area contributed by atoms with Gasteiger partial charge in [0.1, 0.15) is 11.3 Å². The quantitative estimate of drug-likeness (QED) is 0.503. The highest BCUT2D eigenvalue weighted by Gasteiger charge is 2.10. The van der Waals surface area contributed by atoms with Crippen molar-refractivity contribution in [1.29, 1.82) is 0 Å². The van der Waals surface area contributed by atoms with Crippen LogP contribution in [0.2, 0.25) is 0 Å². The van der Waals surface area contributed by atoms with Crippen LogP contribution in [0.4, 0.5) is 0 Å². The normalized spacial score (nSPS) is 10.9. The molecule has 4 rings (SSSR count). The van der Waals surface area contributed by atoms with Crippen molar-refractivity contribution in [3.8, 4) is 17.0 Å². The first-order valence-electron chi connectivity index (χ1n) is 10.1. The molecule has 0 saturated carbocycles. The summed E-state index contributed by atoms with van der Waals surface area (Å²) < 4.78 is 8.35. The molecule has 0 spiro atoms. The predicted molar refractivity (Wildman–Crippen MR) is 119 cm³/mol. The summed E-state index contributed by atoms with van der Waals surface area (Å²) in [7, 11) is 1.62. The summed E-state index contributed by atoms with van der Waals surface area (Å²) in [5.74, 6) is 0.699. The van der Waals surface area contributed by atoms with Crippen LogP contribution in [0, 0.1) is 6.92 Å². The van der Waals surface area contributed by atoms with Gasteiger partial charge < -0.3 is 14.6 Å². The third kappa shape index (κ3) is 4.66. The number of hydrogen-bond acceptors (Lipinski definition) is 4. The van der Waals surface area contributed by atoms with E-state index >= 15 is 0 Å². The zero-order valence-electron chi connectivity index (χ0n) is 17.5. The van der Waals surface area contributed by atoms with Gasteiger partial charge in [-0.15, -0.1) is 0 Å². The number of ether oxygens (including phenoxy) is 1. The fraction of sp³-hybridized carbons (Fsp3) is 0.208. The Kier molecular flexibility index (Phi) is 5.84. The van der Waals surface area contributed by atoms with Gasteiger partial charge in [0, 0.05) is 31.0 Å². The van der Waals surface area contributed by atoms with E-state index in [9.17, 15) is 9.59 Å². The second-order valence-corrected chi connectivity index (χ2v) is 7.40. The molecular formula is C24H24N4O3. The van der Waals surface area contributed by atoms with Gasteiger partial charge in [-0.2, -0.15) is 5.10 Å². The highest BCUT2D eigenvalue weighted by Crippen LogP contribution is 2.21. The first-order chi connectivity index (χ1) is 15.0. The highest BCUT2D eigenvalue weighted by molar-refractivity contribution is 5.78. The van der Waals surface area contributed by atoms with E-state index in [2.05, 4.69) is 10.4 Å². The Morgan fingerprint density at radius 1 is 1.10 bits per heavy atom. The minimum absolute atomic E-state index is 0.0640. The van der Waals surface area contributed by atoms with Gasteiger partial charge in [0.15, 0.2) is 0 Å². The van der Waals surface area contributed by atoms with Gasteiger partial charge in [0.2, 0.25) is 5.91 Å². The molecule has 158 valence electrons. The number of aromatic nitrogens is 3. The molecule has 0 aliphatic rings. The Labute approximate surface area is 179 Å². The average Bonchev–Trinajstić information content (AvgIpc) is 3.21. The van der Waals surface area contributed by atoms with Gasteiger partial charge in [-0.05, 0) is 42.8 Å². The van der Waals surface area contributed by atoms with E-state index in [0.717, 1.165) is 22.4 Å². The van der Waals surface area contributed by atoms with Gasteiger partial charge in [-0.1, -0.05) is 29.8 Å². The molecule has 1 amide bonds. The molecule has 0 saturated heterocycles. The fourth-order valence-electron chi connectivity index (χ4n) is 3.49. The molecule has 0 atom stereocenters. The van der Waals surface area contributed by atoms with E-state index in [0.29, 0.717) is 30.7 Å². The summed E-state index contributed by atoms with van der Waals surface area (Å²) in [5.41, 5.74) is 4.05. The Bertz CT molecular complexity index is 1270. The number of aryl methyl sites for hydroxylation is 1. The lowest BCUT2D eigenvalue weighted by Crippen LogP contribution is -2.32. The Balaban J connectivity index is 1.43. The topological polar surface area (TPSA) is 77.6 Å². The van der Waals surface area contributed by atoms with Gasteiger partial charge in [-0.3, -0.25) is 9.59 Å². The van der Waals surface area contributed by atoms with Crippen molar-refractivity contribution in [2.45, 2.75) is 19.9 Å². The number of benzene rings is 2. The lowest BCUT2D eigenvalue weighted by molar-refractivity contribution is -0.120. The van der Waals surface area contributed by atoms with E-state index in [1.165, 1.54) is 0 Å². The largest absolute Gasteiger partial charge is 0.497 e. The SMILES string of the molecule is COc1ccc(-c2cc3c(=O)n(CCNC(=O)Cc4cccc(C)c4)ccn3n2)cc1. The van der Waals surface area contributed by atoms with Crippen LogP contribution < -0.4 is 15.6 Å². The molecule has 0 aliphatic heterocycles. The van der Waals surface area contributed by atoms with Crippen LogP contribution in [0.5, 0.6) is 5.75 Å². The number of carbonyl (C=O) groups excluding carboxylic acids is 1. The van der Waals surface area contributed by atoms with Gasteiger partial charge in [0.25, 0.3) is 5.56 Å². The summed E-state index contributed by atoms with van der Waals surface area (Å²) in [5, 5.41) is 7.38. The smallest absolute Gasteiger partial charge is 0.276 e. The molecule has 2 aromatic carbocycles. The summed E-state index contributed by atoms with van der Waals surface area (Å²) in [6.45, 7) is 2.76. The van der Waals surface area contributed by atoms with Gasteiger partial charge in [-0.25, -0.2) is 4.52 Å². The number of hydrogen-bond donors (Lipinski definition) is 1. The minimum atomic E-state index is -0.150. The number of methoxy groups -OCH3 is 1. The van der Waals surface area contributed by atoms with E-state index < -0.39 is 0 Å². The number of carbonyl (C=O) groups is 1. The lowest BCUT2D eigenvalue weighted by atomic mass is 10.1. The molecule has 0 bridgehead atoms. The third-order valence-corrected chi connectivity index (χ3v) is 5.11. The van der Waals surface area contributed by atoms with E-state index in [1.54, 1.807) is 34.7 Å². The maximum atomic E-state index is 12.8. The molecule has 4 aromatic rings. The number of fused-ring (bicyclic) bond motifs is 1. The second kappa shape index (κ2) is 8.87. The van der Waals surface area contributed by atoms with E-state index in [4.69, 9.17) is 4.74 Å². The molecule has 7 heteroatoms. The monoisotopic (exact) mass is 416 g/mol. The van der Waals surface area contributed by atoms with Crippen molar-refractivity contribution >= 4 is 11.4 Å². The van der Waals surface area contributed by atoms with Crippen LogP contribution in [-0.2, 0) is 17.8 Å². The standard InChI is InChI=1S/C24H24N4O3/c1-17-4-3-5-18(14-17)15-23(29)25-10-11-27-12-13-28-22(24(27)30)16-21(26-28)19-6-8-20(31-2)9-7-19/h3-9,12-14,16H,10-11,15H2,1-2H3,(H,25,29). The molecule has 7 nitrogen and oxygen atoms in total. The predicted octanol–water partition coefficient (Wildman–Crippen LogP) is 2.84. The minimum Gasteiger partial charge on any atom is -0.497 e. The number of amides is 1. The molecule has 0 aliphatic carbocycles. The maximum Gasteiger partial charge on any atom is 0.276 e. The lowest BCUT2D eigenvalue weighted by Gasteiger charge is -2.08. The van der Waals surface area contributed by atoms with Crippen molar-refractivity contribution in [3.63, 3.8) is 0 Å². The van der Waals surface area contributed by atoms with Crippen molar-refractivity contribution in [3.05, 3.63) is 88.5 Å².